The molecule has 1 saturated heterocycles. The van der Waals surface area contributed by atoms with Gasteiger partial charge in [-0.1, -0.05) is 42.5 Å². The van der Waals surface area contributed by atoms with Gasteiger partial charge in [0.15, 0.2) is 0 Å². The summed E-state index contributed by atoms with van der Waals surface area (Å²) in [4.78, 5) is 13.5. The minimum Gasteiger partial charge on any atom is -0.480 e. The predicted molar refractivity (Wildman–Crippen MR) is 96.3 cm³/mol. The number of carboxylic acid groups (broad SMARTS) is 1. The van der Waals surface area contributed by atoms with Crippen molar-refractivity contribution in [3.63, 3.8) is 0 Å². The molecule has 1 aliphatic rings. The van der Waals surface area contributed by atoms with E-state index in [1.165, 1.54) is 5.69 Å². The summed E-state index contributed by atoms with van der Waals surface area (Å²) in [6, 6.07) is 15.3. The normalized spacial score (nSPS) is 16.0. The van der Waals surface area contributed by atoms with E-state index < -0.39 is 12.0 Å². The molecule has 1 fully saturated rings. The van der Waals surface area contributed by atoms with Gasteiger partial charge >= 0.3 is 5.97 Å². The first-order valence-electron chi connectivity index (χ1n) is 8.28. The largest absolute Gasteiger partial charge is 0.480 e. The number of piperazine rings is 1. The first-order valence-corrected chi connectivity index (χ1v) is 8.28. The molecule has 3 rings (SSSR count). The zero-order valence-corrected chi connectivity index (χ0v) is 13.6. The average molecular weight is 325 g/mol. The summed E-state index contributed by atoms with van der Waals surface area (Å²) >= 11 is 0. The van der Waals surface area contributed by atoms with E-state index in [4.69, 9.17) is 10.8 Å². The molecule has 2 aromatic rings. The van der Waals surface area contributed by atoms with Crippen LogP contribution in [0.4, 0.5) is 5.69 Å². The zero-order chi connectivity index (χ0) is 16.9. The number of rotatable bonds is 5. The molecule has 0 saturated carbocycles. The van der Waals surface area contributed by atoms with Crippen molar-refractivity contribution in [3.05, 3.63) is 54.1 Å². The molecule has 5 heteroatoms. The summed E-state index contributed by atoms with van der Waals surface area (Å²) < 4.78 is 0. The Labute approximate surface area is 142 Å². The van der Waals surface area contributed by atoms with Crippen molar-refractivity contribution in [2.24, 2.45) is 5.73 Å². The third-order valence-electron chi connectivity index (χ3n) is 4.43. The van der Waals surface area contributed by atoms with Crippen molar-refractivity contribution in [2.75, 3.05) is 31.1 Å². The van der Waals surface area contributed by atoms with E-state index in [0.717, 1.165) is 42.9 Å². The highest BCUT2D eigenvalue weighted by molar-refractivity contribution is 5.81. The Bertz CT molecular complexity index is 711. The second kappa shape index (κ2) is 7.47. The number of carboxylic acids is 1. The number of anilines is 1. The van der Waals surface area contributed by atoms with Crippen LogP contribution in [0.15, 0.2) is 48.5 Å². The summed E-state index contributed by atoms with van der Waals surface area (Å²) in [5.41, 5.74) is 10.1. The Morgan fingerprint density at radius 1 is 1.08 bits per heavy atom. The van der Waals surface area contributed by atoms with Crippen LogP contribution in [0.25, 0.3) is 11.1 Å². The van der Waals surface area contributed by atoms with Crippen LogP contribution < -0.4 is 16.0 Å². The fraction of sp³-hybridized carbons (Fsp3) is 0.316. The molecule has 0 amide bonds. The molecule has 1 atom stereocenters. The van der Waals surface area contributed by atoms with Crippen molar-refractivity contribution >= 4 is 11.7 Å². The van der Waals surface area contributed by atoms with E-state index in [1.54, 1.807) is 0 Å². The lowest BCUT2D eigenvalue weighted by molar-refractivity contribution is -0.138. The van der Waals surface area contributed by atoms with Crippen LogP contribution in [0.2, 0.25) is 0 Å². The molecule has 1 aliphatic heterocycles. The minimum absolute atomic E-state index is 0.321. The van der Waals surface area contributed by atoms with Crippen molar-refractivity contribution in [1.82, 2.24) is 5.32 Å². The highest BCUT2D eigenvalue weighted by atomic mass is 16.4. The lowest BCUT2D eigenvalue weighted by atomic mass is 9.94. The van der Waals surface area contributed by atoms with Crippen LogP contribution >= 0.6 is 0 Å². The Kier molecular flexibility index (Phi) is 5.13. The molecular formula is C19H23N3O2. The number of para-hydroxylation sites is 1. The first kappa shape index (κ1) is 16.5. The van der Waals surface area contributed by atoms with Crippen molar-refractivity contribution < 1.29 is 9.90 Å². The van der Waals surface area contributed by atoms with Gasteiger partial charge in [-0.25, -0.2) is 0 Å². The molecule has 2 aromatic carbocycles. The van der Waals surface area contributed by atoms with E-state index >= 15 is 0 Å². The van der Waals surface area contributed by atoms with Crippen LogP contribution in [0.5, 0.6) is 0 Å². The van der Waals surface area contributed by atoms with Crippen LogP contribution in [-0.2, 0) is 11.2 Å². The standard InChI is InChI=1S/C19H23N3O2/c20-17(19(23)24)13-14-5-1-2-6-15(14)16-7-3-4-8-18(16)22-11-9-21-10-12-22/h1-8,17,21H,9-13,20H2,(H,23,24). The molecule has 126 valence electrons. The Morgan fingerprint density at radius 2 is 1.71 bits per heavy atom. The molecule has 1 heterocycles. The van der Waals surface area contributed by atoms with E-state index in [2.05, 4.69) is 22.3 Å². The summed E-state index contributed by atoms with van der Waals surface area (Å²) in [5.74, 6) is -0.972. The summed E-state index contributed by atoms with van der Waals surface area (Å²) in [5, 5.41) is 12.5. The van der Waals surface area contributed by atoms with Gasteiger partial charge in [-0.05, 0) is 23.6 Å². The van der Waals surface area contributed by atoms with E-state index in [0.29, 0.717) is 6.42 Å². The second-order valence-electron chi connectivity index (χ2n) is 6.06. The summed E-state index contributed by atoms with van der Waals surface area (Å²) in [7, 11) is 0. The molecule has 0 bridgehead atoms. The SMILES string of the molecule is NC(Cc1ccccc1-c1ccccc1N1CCNCC1)C(=O)O. The molecule has 0 radical (unpaired) electrons. The van der Waals surface area contributed by atoms with Crippen LogP contribution in [0.3, 0.4) is 0 Å². The topological polar surface area (TPSA) is 78.6 Å². The Balaban J connectivity index is 1.99. The highest BCUT2D eigenvalue weighted by Crippen LogP contribution is 2.33. The minimum atomic E-state index is -0.972. The smallest absolute Gasteiger partial charge is 0.320 e. The number of nitrogens with one attached hydrogen (secondary N) is 1. The predicted octanol–water partition coefficient (Wildman–Crippen LogP) is 1.72. The maximum atomic E-state index is 11.1. The van der Waals surface area contributed by atoms with E-state index in [9.17, 15) is 4.79 Å². The monoisotopic (exact) mass is 325 g/mol. The van der Waals surface area contributed by atoms with Crippen LogP contribution in [0.1, 0.15) is 5.56 Å². The number of carbonyl (C=O) groups is 1. The maximum absolute atomic E-state index is 11.1. The molecular weight excluding hydrogens is 302 g/mol. The molecule has 1 unspecified atom stereocenters. The molecule has 0 aromatic heterocycles. The quantitative estimate of drug-likeness (QED) is 0.780. The van der Waals surface area contributed by atoms with Gasteiger partial charge in [0.1, 0.15) is 6.04 Å². The van der Waals surface area contributed by atoms with Gasteiger partial charge in [0.25, 0.3) is 0 Å². The van der Waals surface area contributed by atoms with Gasteiger partial charge in [-0.2, -0.15) is 0 Å². The van der Waals surface area contributed by atoms with Gasteiger partial charge in [0.05, 0.1) is 0 Å². The molecule has 5 nitrogen and oxygen atoms in total. The average Bonchev–Trinajstić information content (AvgIpc) is 2.63. The summed E-state index contributed by atoms with van der Waals surface area (Å²) in [6.07, 6.45) is 0.321. The fourth-order valence-corrected chi connectivity index (χ4v) is 3.17. The molecule has 4 N–H and O–H groups in total. The number of benzene rings is 2. The Morgan fingerprint density at radius 3 is 2.42 bits per heavy atom. The second-order valence-corrected chi connectivity index (χ2v) is 6.06. The van der Waals surface area contributed by atoms with Gasteiger partial charge in [-0.3, -0.25) is 4.79 Å². The maximum Gasteiger partial charge on any atom is 0.320 e. The fourth-order valence-electron chi connectivity index (χ4n) is 3.17. The van der Waals surface area contributed by atoms with Crippen LogP contribution in [0, 0.1) is 0 Å². The first-order chi connectivity index (χ1) is 11.7. The van der Waals surface area contributed by atoms with Crippen molar-refractivity contribution in [1.29, 1.82) is 0 Å². The van der Waals surface area contributed by atoms with E-state index in [1.807, 2.05) is 36.4 Å². The zero-order valence-electron chi connectivity index (χ0n) is 13.6. The molecule has 0 aliphatic carbocycles. The van der Waals surface area contributed by atoms with Crippen molar-refractivity contribution in [2.45, 2.75) is 12.5 Å². The van der Waals surface area contributed by atoms with Gasteiger partial charge in [0.2, 0.25) is 0 Å². The molecule has 24 heavy (non-hydrogen) atoms. The number of hydrogen-bond acceptors (Lipinski definition) is 4. The lowest BCUT2D eigenvalue weighted by Crippen LogP contribution is -2.43. The van der Waals surface area contributed by atoms with Gasteiger partial charge < -0.3 is 21.1 Å². The summed E-state index contributed by atoms with van der Waals surface area (Å²) in [6.45, 7) is 3.88. The van der Waals surface area contributed by atoms with E-state index in [-0.39, 0.29) is 0 Å². The van der Waals surface area contributed by atoms with Crippen molar-refractivity contribution in [3.8, 4) is 11.1 Å². The number of nitrogens with zero attached hydrogens (tertiary/aromatic N) is 1. The van der Waals surface area contributed by atoms with Crippen LogP contribution in [-0.4, -0.2) is 43.3 Å². The number of nitrogens with two attached hydrogens (primary N) is 1. The van der Waals surface area contributed by atoms with Gasteiger partial charge in [0, 0.05) is 37.4 Å². The Hall–Kier alpha value is -2.37. The third-order valence-corrected chi connectivity index (χ3v) is 4.43. The lowest BCUT2D eigenvalue weighted by Gasteiger charge is -2.31. The van der Waals surface area contributed by atoms with Gasteiger partial charge in [-0.15, -0.1) is 0 Å². The number of hydrogen-bond donors (Lipinski definition) is 3. The highest BCUT2D eigenvalue weighted by Gasteiger charge is 2.19. The molecule has 0 spiro atoms. The third kappa shape index (κ3) is 3.58. The number of aliphatic carboxylic acids is 1.